The summed E-state index contributed by atoms with van der Waals surface area (Å²) in [4.78, 5) is 4.74. The molecule has 2 rings (SSSR count). The average molecular weight is 316 g/mol. The SMILES string of the molecule is CCCCCCCCCCc1c(CC)nc2cc(C)nn2c1N. The molecule has 0 unspecified atom stereocenters. The Morgan fingerprint density at radius 3 is 2.30 bits per heavy atom. The predicted octanol–water partition coefficient (Wildman–Crippen LogP) is 4.87. The Bertz CT molecular complexity index is 615. The van der Waals surface area contributed by atoms with Gasteiger partial charge in [-0.15, -0.1) is 0 Å². The van der Waals surface area contributed by atoms with Gasteiger partial charge in [-0.2, -0.15) is 9.61 Å². The van der Waals surface area contributed by atoms with Crippen LogP contribution in [0, 0.1) is 6.92 Å². The maximum atomic E-state index is 6.36. The Kier molecular flexibility index (Phi) is 6.87. The van der Waals surface area contributed by atoms with Gasteiger partial charge in [0.25, 0.3) is 0 Å². The third-order valence-corrected chi connectivity index (χ3v) is 4.56. The Hall–Kier alpha value is -1.58. The minimum atomic E-state index is 0.780. The van der Waals surface area contributed by atoms with E-state index in [0.29, 0.717) is 0 Å². The van der Waals surface area contributed by atoms with Crippen LogP contribution in [0.1, 0.15) is 82.2 Å². The molecule has 0 bridgehead atoms. The fourth-order valence-electron chi connectivity index (χ4n) is 3.22. The van der Waals surface area contributed by atoms with Gasteiger partial charge in [-0.3, -0.25) is 0 Å². The van der Waals surface area contributed by atoms with Crippen molar-refractivity contribution in [2.75, 3.05) is 5.73 Å². The number of nitrogens with two attached hydrogens (primary N) is 1. The van der Waals surface area contributed by atoms with Gasteiger partial charge in [0.2, 0.25) is 0 Å². The molecule has 0 fully saturated rings. The van der Waals surface area contributed by atoms with Crippen LogP contribution in [0.5, 0.6) is 0 Å². The molecule has 128 valence electrons. The van der Waals surface area contributed by atoms with E-state index in [9.17, 15) is 0 Å². The molecule has 0 aromatic carbocycles. The molecule has 0 aliphatic heterocycles. The van der Waals surface area contributed by atoms with E-state index in [0.717, 1.165) is 35.7 Å². The number of fused-ring (bicyclic) bond motifs is 1. The number of unbranched alkanes of at least 4 members (excludes halogenated alkanes) is 7. The molecule has 2 heterocycles. The third kappa shape index (κ3) is 4.69. The van der Waals surface area contributed by atoms with Crippen LogP contribution >= 0.6 is 0 Å². The molecule has 2 aromatic heterocycles. The fourth-order valence-corrected chi connectivity index (χ4v) is 3.22. The summed E-state index contributed by atoms with van der Waals surface area (Å²) in [5, 5.41) is 4.46. The van der Waals surface area contributed by atoms with Gasteiger partial charge in [0, 0.05) is 17.3 Å². The van der Waals surface area contributed by atoms with Gasteiger partial charge in [-0.05, 0) is 26.2 Å². The number of aromatic nitrogens is 3. The van der Waals surface area contributed by atoms with Gasteiger partial charge >= 0.3 is 0 Å². The molecule has 0 atom stereocenters. The lowest BCUT2D eigenvalue weighted by molar-refractivity contribution is 0.574. The Balaban J connectivity index is 1.90. The predicted molar refractivity (Wildman–Crippen MR) is 97.8 cm³/mol. The second-order valence-corrected chi connectivity index (χ2v) is 6.56. The lowest BCUT2D eigenvalue weighted by Crippen LogP contribution is -2.09. The first-order valence-corrected chi connectivity index (χ1v) is 9.31. The van der Waals surface area contributed by atoms with Crippen molar-refractivity contribution in [2.45, 2.75) is 85.0 Å². The normalized spacial score (nSPS) is 11.4. The van der Waals surface area contributed by atoms with Crippen molar-refractivity contribution in [2.24, 2.45) is 0 Å². The van der Waals surface area contributed by atoms with Crippen LogP contribution in [0.25, 0.3) is 5.65 Å². The van der Waals surface area contributed by atoms with E-state index in [-0.39, 0.29) is 0 Å². The lowest BCUT2D eigenvalue weighted by Gasteiger charge is -2.12. The smallest absolute Gasteiger partial charge is 0.157 e. The zero-order valence-corrected chi connectivity index (χ0v) is 15.1. The summed E-state index contributed by atoms with van der Waals surface area (Å²) >= 11 is 0. The van der Waals surface area contributed by atoms with Crippen molar-refractivity contribution in [1.29, 1.82) is 0 Å². The van der Waals surface area contributed by atoms with Crippen LogP contribution in [0.4, 0.5) is 5.82 Å². The molecular formula is C19H32N4. The molecule has 2 aromatic rings. The minimum absolute atomic E-state index is 0.780. The zero-order chi connectivity index (χ0) is 16.7. The molecule has 4 nitrogen and oxygen atoms in total. The third-order valence-electron chi connectivity index (χ3n) is 4.56. The molecule has 0 amide bonds. The van der Waals surface area contributed by atoms with Crippen molar-refractivity contribution in [1.82, 2.24) is 14.6 Å². The minimum Gasteiger partial charge on any atom is -0.383 e. The van der Waals surface area contributed by atoms with E-state index in [1.54, 1.807) is 4.52 Å². The summed E-state index contributed by atoms with van der Waals surface area (Å²) < 4.78 is 1.80. The summed E-state index contributed by atoms with van der Waals surface area (Å²) in [6.07, 6.45) is 12.6. The second-order valence-electron chi connectivity index (χ2n) is 6.56. The summed E-state index contributed by atoms with van der Waals surface area (Å²) in [5.41, 5.74) is 10.5. The summed E-state index contributed by atoms with van der Waals surface area (Å²) in [7, 11) is 0. The van der Waals surface area contributed by atoms with Crippen LogP contribution < -0.4 is 5.73 Å². The van der Waals surface area contributed by atoms with Crippen LogP contribution in [0.15, 0.2) is 6.07 Å². The van der Waals surface area contributed by atoms with E-state index in [1.807, 2.05) is 13.0 Å². The standard InChI is InChI=1S/C19H32N4/c1-4-6-7-8-9-10-11-12-13-16-17(5-2)21-18-14-15(3)22-23(18)19(16)20/h14H,4-13,20H2,1-3H3. The van der Waals surface area contributed by atoms with E-state index in [4.69, 9.17) is 10.7 Å². The van der Waals surface area contributed by atoms with Crippen LogP contribution in [-0.4, -0.2) is 14.6 Å². The first-order valence-electron chi connectivity index (χ1n) is 9.31. The Morgan fingerprint density at radius 2 is 1.65 bits per heavy atom. The van der Waals surface area contributed by atoms with Gasteiger partial charge in [-0.25, -0.2) is 4.98 Å². The Labute approximate surface area is 140 Å². The molecular weight excluding hydrogens is 284 g/mol. The fraction of sp³-hybridized carbons (Fsp3) is 0.684. The number of hydrogen-bond acceptors (Lipinski definition) is 3. The van der Waals surface area contributed by atoms with E-state index in [2.05, 4.69) is 18.9 Å². The Morgan fingerprint density at radius 1 is 1.00 bits per heavy atom. The first-order chi connectivity index (χ1) is 11.2. The summed E-state index contributed by atoms with van der Waals surface area (Å²) in [6.45, 7) is 6.40. The maximum Gasteiger partial charge on any atom is 0.157 e. The van der Waals surface area contributed by atoms with Gasteiger partial charge in [0.15, 0.2) is 5.65 Å². The van der Waals surface area contributed by atoms with Gasteiger partial charge in [0.1, 0.15) is 5.82 Å². The average Bonchev–Trinajstić information content (AvgIpc) is 2.92. The van der Waals surface area contributed by atoms with Crippen molar-refractivity contribution < 1.29 is 0 Å². The molecule has 0 saturated heterocycles. The number of nitrogen functional groups attached to an aromatic ring is 1. The van der Waals surface area contributed by atoms with Crippen molar-refractivity contribution in [3.05, 3.63) is 23.0 Å². The number of aryl methyl sites for hydroxylation is 2. The molecule has 0 spiro atoms. The van der Waals surface area contributed by atoms with Crippen molar-refractivity contribution >= 4 is 11.5 Å². The van der Waals surface area contributed by atoms with E-state index >= 15 is 0 Å². The number of rotatable bonds is 10. The van der Waals surface area contributed by atoms with Crippen molar-refractivity contribution in [3.63, 3.8) is 0 Å². The van der Waals surface area contributed by atoms with Gasteiger partial charge in [-0.1, -0.05) is 58.8 Å². The highest BCUT2D eigenvalue weighted by atomic mass is 15.3. The molecule has 0 radical (unpaired) electrons. The molecule has 0 aliphatic carbocycles. The molecule has 0 aliphatic rings. The quantitative estimate of drug-likeness (QED) is 0.636. The number of anilines is 1. The summed E-state index contributed by atoms with van der Waals surface area (Å²) in [5.74, 6) is 0.780. The zero-order valence-electron chi connectivity index (χ0n) is 15.1. The largest absolute Gasteiger partial charge is 0.383 e. The maximum absolute atomic E-state index is 6.36. The number of nitrogens with zero attached hydrogens (tertiary/aromatic N) is 3. The monoisotopic (exact) mass is 316 g/mol. The van der Waals surface area contributed by atoms with Crippen LogP contribution in [0.2, 0.25) is 0 Å². The molecule has 23 heavy (non-hydrogen) atoms. The first kappa shape index (κ1) is 17.8. The second kappa shape index (κ2) is 8.90. The van der Waals surface area contributed by atoms with Crippen LogP contribution in [0.3, 0.4) is 0 Å². The molecule has 4 heteroatoms. The molecule has 0 saturated carbocycles. The van der Waals surface area contributed by atoms with Crippen LogP contribution in [-0.2, 0) is 12.8 Å². The highest BCUT2D eigenvalue weighted by Crippen LogP contribution is 2.22. The van der Waals surface area contributed by atoms with E-state index < -0.39 is 0 Å². The van der Waals surface area contributed by atoms with Gasteiger partial charge < -0.3 is 5.73 Å². The van der Waals surface area contributed by atoms with Crippen molar-refractivity contribution in [3.8, 4) is 0 Å². The highest BCUT2D eigenvalue weighted by molar-refractivity contribution is 5.53. The highest BCUT2D eigenvalue weighted by Gasteiger charge is 2.13. The molecule has 2 N–H and O–H groups in total. The number of hydrogen-bond donors (Lipinski definition) is 1. The van der Waals surface area contributed by atoms with E-state index in [1.165, 1.54) is 56.9 Å². The topological polar surface area (TPSA) is 56.2 Å². The lowest BCUT2D eigenvalue weighted by atomic mass is 10.0. The summed E-state index contributed by atoms with van der Waals surface area (Å²) in [6, 6.07) is 2.00. The van der Waals surface area contributed by atoms with Gasteiger partial charge in [0.05, 0.1) is 5.69 Å².